The van der Waals surface area contributed by atoms with E-state index in [1.165, 1.54) is 0 Å². The van der Waals surface area contributed by atoms with Gasteiger partial charge in [0.25, 0.3) is 0 Å². The largest absolute Gasteiger partial charge is 0.316 e. The van der Waals surface area contributed by atoms with Gasteiger partial charge in [-0.1, -0.05) is 44.0 Å². The zero-order valence-electron chi connectivity index (χ0n) is 17.5. The van der Waals surface area contributed by atoms with Crippen LogP contribution in [-0.4, -0.2) is 13.1 Å². The average molecular weight is 308 g/mol. The zero-order valence-corrected chi connectivity index (χ0v) is 13.0. The Morgan fingerprint density at radius 1 is 1.32 bits per heavy atom. The van der Waals surface area contributed by atoms with Gasteiger partial charge in [0.1, 0.15) is 0 Å². The third kappa shape index (κ3) is 3.45. The second-order valence-electron chi connectivity index (χ2n) is 5.16. The smallest absolute Gasteiger partial charge is 0.0406 e. The Hall–Kier alpha value is -0.240. The van der Waals surface area contributed by atoms with Gasteiger partial charge >= 0.3 is 0 Å². The number of halogens is 2. The quantitative estimate of drug-likeness (QED) is 0.822. The van der Waals surface area contributed by atoms with Gasteiger partial charge in [0.2, 0.25) is 0 Å². The van der Waals surface area contributed by atoms with E-state index in [-0.39, 0.29) is 18.3 Å². The van der Waals surface area contributed by atoms with Crippen molar-refractivity contribution in [2.24, 2.45) is 5.92 Å². The van der Waals surface area contributed by atoms with Crippen LogP contribution < -0.4 is 5.32 Å². The van der Waals surface area contributed by atoms with Crippen LogP contribution in [0.25, 0.3) is 0 Å². The first-order valence-corrected chi connectivity index (χ1v) is 6.69. The van der Waals surface area contributed by atoms with Crippen molar-refractivity contribution in [1.29, 1.82) is 0 Å². The first kappa shape index (κ1) is 9.65. The van der Waals surface area contributed by atoms with Crippen LogP contribution in [0.3, 0.4) is 0 Å². The van der Waals surface area contributed by atoms with Crippen molar-refractivity contribution in [2.75, 3.05) is 7.05 Å². The zero-order chi connectivity index (χ0) is 18.6. The summed E-state index contributed by atoms with van der Waals surface area (Å²) in [5.41, 5.74) is -1.22. The highest BCUT2D eigenvalue weighted by Gasteiger charge is 2.44. The summed E-state index contributed by atoms with van der Waals surface area (Å²) >= 11 is 5.94. The molecule has 0 heterocycles. The lowest BCUT2D eigenvalue weighted by Gasteiger charge is -2.49. The van der Waals surface area contributed by atoms with Gasteiger partial charge in [0, 0.05) is 24.7 Å². The molecule has 1 saturated carbocycles. The average Bonchev–Trinajstić information content (AvgIpc) is 2.46. The van der Waals surface area contributed by atoms with Crippen LogP contribution in [0, 0.1) is 5.92 Å². The highest BCUT2D eigenvalue weighted by atomic mass is 35.5. The summed E-state index contributed by atoms with van der Waals surface area (Å²) in [5, 5.41) is 3.53. The summed E-state index contributed by atoms with van der Waals surface area (Å²) in [5.74, 6) is 0.199. The molecule has 108 valence electrons. The van der Waals surface area contributed by atoms with Crippen LogP contribution in [0.15, 0.2) is 24.3 Å². The molecule has 1 atom stereocenters. The summed E-state index contributed by atoms with van der Waals surface area (Å²) in [6.07, 6.45) is -6.82. The van der Waals surface area contributed by atoms with Crippen molar-refractivity contribution in [2.45, 2.75) is 50.8 Å². The third-order valence-electron chi connectivity index (χ3n) is 3.40. The van der Waals surface area contributed by atoms with E-state index in [9.17, 15) is 0 Å². The van der Waals surface area contributed by atoms with Gasteiger partial charge in [-0.2, -0.15) is 0 Å². The molecule has 0 radical (unpaired) electrons. The number of hydrogen-bond acceptors (Lipinski definition) is 1. The number of hydrogen-bond donors (Lipinski definition) is 1. The monoisotopic (exact) mass is 307 g/mol. The fraction of sp³-hybridized carbons (Fsp3) is 0.625. The predicted octanol–water partition coefficient (Wildman–Crippen LogP) is 4.82. The molecule has 3 heteroatoms. The van der Waals surface area contributed by atoms with Crippen LogP contribution in [0.2, 0.25) is 5.02 Å². The van der Waals surface area contributed by atoms with E-state index in [1.54, 1.807) is 31.3 Å². The molecule has 1 fully saturated rings. The molecule has 1 aliphatic carbocycles. The molecule has 1 aromatic rings. The van der Waals surface area contributed by atoms with Crippen molar-refractivity contribution < 1.29 is 8.22 Å². The Morgan fingerprint density at radius 2 is 1.89 bits per heavy atom. The van der Waals surface area contributed by atoms with Gasteiger partial charge in [0.05, 0.1) is 0 Å². The van der Waals surface area contributed by atoms with E-state index in [4.69, 9.17) is 19.8 Å². The fourth-order valence-corrected chi connectivity index (χ4v) is 2.54. The Morgan fingerprint density at radius 3 is 2.37 bits per heavy atom. The fourth-order valence-electron chi connectivity index (χ4n) is 2.41. The first-order chi connectivity index (χ1) is 10.9. The van der Waals surface area contributed by atoms with Gasteiger partial charge in [-0.15, -0.1) is 12.4 Å². The number of likely N-dealkylation sites (N-methyl/N-ethyl adjacent to an activating group) is 1. The number of benzene rings is 1. The standard InChI is InChI=1S/C16H24ClN.ClH/c1-12(2)11-15(18-3)16(9-4-10-16)13-5-7-14(17)8-6-13;/h5-8,12,15,18H,4,9-11H2,1-3H3;1H/i4D2,9D2,10D2;. The molecule has 0 saturated heterocycles. The lowest BCUT2D eigenvalue weighted by molar-refractivity contribution is 0.157. The molecule has 1 unspecified atom stereocenters. The molecule has 1 N–H and O–H groups in total. The van der Waals surface area contributed by atoms with Gasteiger partial charge in [-0.3, -0.25) is 0 Å². The van der Waals surface area contributed by atoms with Crippen molar-refractivity contribution in [3.8, 4) is 0 Å². The molecule has 1 aromatic carbocycles. The molecule has 1 nitrogen and oxygen atoms in total. The van der Waals surface area contributed by atoms with Crippen molar-refractivity contribution in [3.05, 3.63) is 34.9 Å². The van der Waals surface area contributed by atoms with Crippen molar-refractivity contribution in [3.63, 3.8) is 0 Å². The van der Waals surface area contributed by atoms with Crippen molar-refractivity contribution >= 4 is 24.0 Å². The molecule has 0 amide bonds. The lowest BCUT2D eigenvalue weighted by Crippen LogP contribution is -2.52. The topological polar surface area (TPSA) is 12.0 Å². The minimum absolute atomic E-state index is 0. The maximum Gasteiger partial charge on any atom is 0.0406 e. The van der Waals surface area contributed by atoms with Crippen LogP contribution >= 0.6 is 24.0 Å². The molecule has 0 aromatic heterocycles. The normalized spacial score (nSPS) is 31.2. The Balaban J connectivity index is 0.00000312. The summed E-state index contributed by atoms with van der Waals surface area (Å²) in [6, 6.07) is 5.85. The Bertz CT molecular complexity index is 585. The number of nitrogens with one attached hydrogen (secondary N) is 1. The maximum absolute atomic E-state index is 8.48. The third-order valence-corrected chi connectivity index (χ3v) is 3.65. The molecular formula is C16H25Cl2N. The summed E-state index contributed by atoms with van der Waals surface area (Å²) in [4.78, 5) is 0. The number of rotatable bonds is 5. The van der Waals surface area contributed by atoms with E-state index in [1.807, 2.05) is 13.8 Å². The van der Waals surface area contributed by atoms with Gasteiger partial charge in [0.15, 0.2) is 0 Å². The van der Waals surface area contributed by atoms with Crippen LogP contribution in [-0.2, 0) is 5.41 Å². The van der Waals surface area contributed by atoms with E-state index in [0.717, 1.165) is 0 Å². The summed E-state index contributed by atoms with van der Waals surface area (Å²) in [6.45, 7) is 3.97. The van der Waals surface area contributed by atoms with E-state index in [2.05, 4.69) is 5.32 Å². The molecule has 0 aliphatic heterocycles. The maximum atomic E-state index is 8.48. The van der Waals surface area contributed by atoms with E-state index < -0.39 is 30.6 Å². The van der Waals surface area contributed by atoms with E-state index >= 15 is 0 Å². The highest BCUT2D eigenvalue weighted by Crippen LogP contribution is 2.48. The van der Waals surface area contributed by atoms with Gasteiger partial charge in [-0.05, 0) is 49.8 Å². The molecule has 1 aliphatic rings. The highest BCUT2D eigenvalue weighted by molar-refractivity contribution is 6.30. The van der Waals surface area contributed by atoms with Crippen LogP contribution in [0.1, 0.15) is 53.2 Å². The molecule has 0 bridgehead atoms. The molecule has 2 rings (SSSR count). The minimum atomic E-state index is -2.59. The second-order valence-corrected chi connectivity index (χ2v) is 5.60. The first-order valence-electron chi connectivity index (χ1n) is 9.31. The Kier molecular flexibility index (Phi) is 3.54. The minimum Gasteiger partial charge on any atom is -0.316 e. The summed E-state index contributed by atoms with van der Waals surface area (Å²) < 4.78 is 50.0. The predicted molar refractivity (Wildman–Crippen MR) is 86.5 cm³/mol. The van der Waals surface area contributed by atoms with Crippen LogP contribution in [0.5, 0.6) is 0 Å². The van der Waals surface area contributed by atoms with Crippen molar-refractivity contribution in [1.82, 2.24) is 5.32 Å². The summed E-state index contributed by atoms with van der Waals surface area (Å²) in [7, 11) is 1.67. The van der Waals surface area contributed by atoms with E-state index in [0.29, 0.717) is 17.0 Å². The second kappa shape index (κ2) is 6.97. The SMILES string of the molecule is Cl.[2H]C1([2H])C([2H])([2H])C(c2ccc(Cl)cc2)(C(CC(C)C)NC)C1([2H])[2H]. The lowest BCUT2D eigenvalue weighted by atomic mass is 9.59. The van der Waals surface area contributed by atoms with Gasteiger partial charge in [-0.25, -0.2) is 0 Å². The molecule has 0 spiro atoms. The molecular weight excluding hydrogens is 277 g/mol. The van der Waals surface area contributed by atoms with Gasteiger partial charge < -0.3 is 5.32 Å². The molecule has 19 heavy (non-hydrogen) atoms. The van der Waals surface area contributed by atoms with Crippen LogP contribution in [0.4, 0.5) is 0 Å². The Labute approximate surface area is 137 Å².